The number of carbonyl (C=O) groups excluding carboxylic acids is 1. The van der Waals surface area contributed by atoms with Crippen molar-refractivity contribution in [2.45, 2.75) is 13.0 Å². The Morgan fingerprint density at radius 1 is 1.16 bits per heavy atom. The summed E-state index contributed by atoms with van der Waals surface area (Å²) >= 11 is 0. The molecule has 4 aromatic rings. The van der Waals surface area contributed by atoms with Crippen LogP contribution >= 0.6 is 0 Å². The average Bonchev–Trinajstić information content (AvgIpc) is 3.23. The van der Waals surface area contributed by atoms with Crippen LogP contribution < -0.4 is 5.32 Å². The zero-order valence-electron chi connectivity index (χ0n) is 13.4. The number of amides is 1. The van der Waals surface area contributed by atoms with Gasteiger partial charge in [0.25, 0.3) is 0 Å². The van der Waals surface area contributed by atoms with E-state index in [-0.39, 0.29) is 12.3 Å². The lowest BCUT2D eigenvalue weighted by atomic mass is 10.1. The van der Waals surface area contributed by atoms with Gasteiger partial charge in [0.2, 0.25) is 11.9 Å². The summed E-state index contributed by atoms with van der Waals surface area (Å²) in [7, 11) is 0. The smallest absolute Gasteiger partial charge is 0.231 e. The quantitative estimate of drug-likeness (QED) is 0.587. The van der Waals surface area contributed by atoms with Gasteiger partial charge in [-0.25, -0.2) is 4.98 Å². The molecule has 3 heterocycles. The number of H-pyrrole nitrogens is 1. The van der Waals surface area contributed by atoms with E-state index in [2.05, 4.69) is 25.5 Å². The molecule has 3 aromatic heterocycles. The number of fused-ring (bicyclic) bond motifs is 1. The van der Waals surface area contributed by atoms with Crippen LogP contribution in [0.4, 0.5) is 5.95 Å². The Morgan fingerprint density at radius 3 is 2.92 bits per heavy atom. The summed E-state index contributed by atoms with van der Waals surface area (Å²) < 4.78 is 1.81. The zero-order chi connectivity index (χ0) is 17.1. The fourth-order valence-electron chi connectivity index (χ4n) is 2.75. The Labute approximate surface area is 143 Å². The Morgan fingerprint density at radius 2 is 2.04 bits per heavy atom. The van der Waals surface area contributed by atoms with Gasteiger partial charge in [-0.2, -0.15) is 0 Å². The molecule has 0 aliphatic carbocycles. The van der Waals surface area contributed by atoms with Crippen LogP contribution in [0, 0.1) is 0 Å². The second kappa shape index (κ2) is 6.56. The van der Waals surface area contributed by atoms with Gasteiger partial charge in [0.1, 0.15) is 12.0 Å². The van der Waals surface area contributed by atoms with Crippen molar-refractivity contribution < 1.29 is 4.79 Å². The maximum atomic E-state index is 12.4. The molecule has 4 rings (SSSR count). The van der Waals surface area contributed by atoms with E-state index in [1.165, 1.54) is 0 Å². The lowest BCUT2D eigenvalue weighted by Gasteiger charge is -2.08. The second-order valence-electron chi connectivity index (χ2n) is 5.71. The van der Waals surface area contributed by atoms with Crippen LogP contribution in [0.1, 0.15) is 11.1 Å². The fourth-order valence-corrected chi connectivity index (χ4v) is 2.75. The fraction of sp³-hybridized carbons (Fsp3) is 0.111. The molecule has 2 N–H and O–H groups in total. The van der Waals surface area contributed by atoms with Crippen LogP contribution in [0.3, 0.4) is 0 Å². The van der Waals surface area contributed by atoms with Gasteiger partial charge in [0.15, 0.2) is 0 Å². The Kier molecular flexibility index (Phi) is 3.96. The van der Waals surface area contributed by atoms with Crippen LogP contribution in [-0.4, -0.2) is 30.6 Å². The molecule has 0 fully saturated rings. The minimum absolute atomic E-state index is 0.146. The highest BCUT2D eigenvalue weighted by Gasteiger charge is 2.12. The van der Waals surface area contributed by atoms with E-state index >= 15 is 0 Å². The van der Waals surface area contributed by atoms with Crippen LogP contribution in [0.5, 0.6) is 0 Å². The number of anilines is 1. The van der Waals surface area contributed by atoms with Crippen molar-refractivity contribution in [2.24, 2.45) is 0 Å². The summed E-state index contributed by atoms with van der Waals surface area (Å²) in [6.07, 6.45) is 5.38. The van der Waals surface area contributed by atoms with E-state index in [0.717, 1.165) is 22.2 Å². The number of aromatic nitrogens is 5. The number of nitrogens with zero attached hydrogens (tertiary/aromatic N) is 4. The highest BCUT2D eigenvalue weighted by atomic mass is 16.1. The number of benzene rings is 1. The molecule has 0 aliphatic heterocycles. The first-order valence-electron chi connectivity index (χ1n) is 7.92. The zero-order valence-corrected chi connectivity index (χ0v) is 13.4. The molecule has 25 heavy (non-hydrogen) atoms. The average molecular weight is 332 g/mol. The molecule has 0 aliphatic rings. The number of pyridine rings is 1. The summed E-state index contributed by atoms with van der Waals surface area (Å²) in [6, 6.07) is 13.8. The minimum Gasteiger partial charge on any atom is -0.346 e. The molecule has 0 saturated carbocycles. The summed E-state index contributed by atoms with van der Waals surface area (Å²) in [6.45, 7) is 0.598. The molecule has 124 valence electrons. The van der Waals surface area contributed by atoms with Crippen molar-refractivity contribution in [3.63, 3.8) is 0 Å². The first-order chi connectivity index (χ1) is 12.3. The van der Waals surface area contributed by atoms with E-state index < -0.39 is 0 Å². The van der Waals surface area contributed by atoms with Crippen molar-refractivity contribution in [1.82, 2.24) is 24.7 Å². The van der Waals surface area contributed by atoms with Gasteiger partial charge in [-0.05, 0) is 23.3 Å². The third kappa shape index (κ3) is 3.25. The number of aromatic amines is 1. The molecule has 0 atom stereocenters. The Balaban J connectivity index is 1.47. The number of hydrogen-bond acceptors (Lipinski definition) is 4. The topological polar surface area (TPSA) is 88.5 Å². The molecule has 1 amide bonds. The highest BCUT2D eigenvalue weighted by molar-refractivity contribution is 5.94. The van der Waals surface area contributed by atoms with Gasteiger partial charge >= 0.3 is 0 Å². The second-order valence-corrected chi connectivity index (χ2v) is 5.71. The van der Waals surface area contributed by atoms with Gasteiger partial charge < -0.3 is 4.98 Å². The minimum atomic E-state index is -0.146. The van der Waals surface area contributed by atoms with Crippen molar-refractivity contribution in [1.29, 1.82) is 0 Å². The van der Waals surface area contributed by atoms with E-state index in [1.54, 1.807) is 12.5 Å². The lowest BCUT2D eigenvalue weighted by Crippen LogP contribution is -2.18. The van der Waals surface area contributed by atoms with Crippen molar-refractivity contribution in [3.05, 3.63) is 72.3 Å². The molecule has 1 aromatic carbocycles. The molecule has 0 unspecified atom stereocenters. The largest absolute Gasteiger partial charge is 0.346 e. The number of rotatable bonds is 5. The molecule has 7 heteroatoms. The Bertz CT molecular complexity index is 1000. The van der Waals surface area contributed by atoms with Gasteiger partial charge in [-0.15, -0.1) is 10.2 Å². The van der Waals surface area contributed by atoms with Gasteiger partial charge in [0.05, 0.1) is 13.0 Å². The summed E-state index contributed by atoms with van der Waals surface area (Å²) in [4.78, 5) is 19.7. The first-order valence-corrected chi connectivity index (χ1v) is 7.92. The van der Waals surface area contributed by atoms with Crippen LogP contribution in [0.15, 0.2) is 61.2 Å². The SMILES string of the molecule is O=C(Cc1c[nH]c2ncccc12)Nc1nncn1Cc1ccccc1. The van der Waals surface area contributed by atoms with Crippen LogP contribution in [0.25, 0.3) is 11.0 Å². The normalized spacial score (nSPS) is 10.9. The summed E-state index contributed by atoms with van der Waals surface area (Å²) in [5.41, 5.74) is 2.78. The predicted octanol–water partition coefficient (Wildman–Crippen LogP) is 2.38. The van der Waals surface area contributed by atoms with Gasteiger partial charge in [-0.1, -0.05) is 30.3 Å². The summed E-state index contributed by atoms with van der Waals surface area (Å²) in [5.74, 6) is 0.291. The van der Waals surface area contributed by atoms with Gasteiger partial charge in [0, 0.05) is 17.8 Å². The molecule has 7 nitrogen and oxygen atoms in total. The standard InChI is InChI=1S/C18H16N6O/c25-16(9-14-10-20-17-15(14)7-4-8-19-17)22-18-23-21-12-24(18)11-13-5-2-1-3-6-13/h1-8,10,12H,9,11H2,(H,19,20)(H,22,23,25). The first kappa shape index (κ1) is 15.1. The maximum Gasteiger partial charge on any atom is 0.231 e. The number of nitrogens with one attached hydrogen (secondary N) is 2. The number of carbonyl (C=O) groups is 1. The van der Waals surface area contributed by atoms with E-state index in [9.17, 15) is 4.79 Å². The molecule has 0 radical (unpaired) electrons. The van der Waals surface area contributed by atoms with E-state index in [0.29, 0.717) is 12.5 Å². The van der Waals surface area contributed by atoms with Crippen LogP contribution in [-0.2, 0) is 17.8 Å². The molecule has 0 saturated heterocycles. The molecular formula is C18H16N6O. The van der Waals surface area contributed by atoms with E-state index in [4.69, 9.17) is 0 Å². The number of hydrogen-bond donors (Lipinski definition) is 2. The van der Waals surface area contributed by atoms with Crippen LogP contribution in [0.2, 0.25) is 0 Å². The maximum absolute atomic E-state index is 12.4. The summed E-state index contributed by atoms with van der Waals surface area (Å²) in [5, 5.41) is 11.7. The molecule has 0 spiro atoms. The third-order valence-corrected chi connectivity index (χ3v) is 3.95. The molecule has 0 bridgehead atoms. The monoisotopic (exact) mass is 332 g/mol. The lowest BCUT2D eigenvalue weighted by molar-refractivity contribution is -0.115. The third-order valence-electron chi connectivity index (χ3n) is 3.95. The predicted molar refractivity (Wildman–Crippen MR) is 94.0 cm³/mol. The van der Waals surface area contributed by atoms with Gasteiger partial charge in [-0.3, -0.25) is 14.7 Å². The van der Waals surface area contributed by atoms with E-state index in [1.807, 2.05) is 53.2 Å². The van der Waals surface area contributed by atoms with Crippen molar-refractivity contribution in [3.8, 4) is 0 Å². The highest BCUT2D eigenvalue weighted by Crippen LogP contribution is 2.16. The van der Waals surface area contributed by atoms with Crippen molar-refractivity contribution >= 4 is 22.9 Å². The van der Waals surface area contributed by atoms with Crippen molar-refractivity contribution in [2.75, 3.05) is 5.32 Å². The Hall–Kier alpha value is -3.48. The molecular weight excluding hydrogens is 316 g/mol.